The van der Waals surface area contributed by atoms with E-state index in [0.717, 1.165) is 43.6 Å². The van der Waals surface area contributed by atoms with Crippen LogP contribution in [-0.4, -0.2) is 29.7 Å². The van der Waals surface area contributed by atoms with Gasteiger partial charge in [-0.15, -0.1) is 0 Å². The Morgan fingerprint density at radius 1 is 0.968 bits per heavy atom. The van der Waals surface area contributed by atoms with Crippen molar-refractivity contribution in [2.45, 2.75) is 110 Å². The topological polar surface area (TPSA) is 38.7 Å². The molecule has 4 aliphatic carbocycles. The predicted molar refractivity (Wildman–Crippen MR) is 122 cm³/mol. The quantitative estimate of drug-likeness (QED) is 0.474. The van der Waals surface area contributed by atoms with Crippen LogP contribution in [0.25, 0.3) is 0 Å². The third-order valence-electron chi connectivity index (χ3n) is 11.7. The monoisotopic (exact) mass is 428 g/mol. The molecule has 0 unspecified atom stereocenters. The molecule has 6 aliphatic rings. The molecule has 3 saturated carbocycles. The molecule has 3 nitrogen and oxygen atoms in total. The van der Waals surface area contributed by atoms with E-state index in [2.05, 4.69) is 34.6 Å². The predicted octanol–water partition coefficient (Wildman–Crippen LogP) is 6.10. The molecule has 2 saturated heterocycles. The minimum absolute atomic E-state index is 0.113. The largest absolute Gasteiger partial charge is 0.393 e. The van der Waals surface area contributed by atoms with Crippen LogP contribution >= 0.6 is 0 Å². The molecule has 1 spiro atoms. The molecule has 0 aromatic heterocycles. The van der Waals surface area contributed by atoms with Gasteiger partial charge in [-0.3, -0.25) is 0 Å². The Balaban J connectivity index is 1.30. The Morgan fingerprint density at radius 3 is 2.52 bits per heavy atom. The first-order valence-corrected chi connectivity index (χ1v) is 13.4. The van der Waals surface area contributed by atoms with Gasteiger partial charge < -0.3 is 14.6 Å². The van der Waals surface area contributed by atoms with Gasteiger partial charge in [0.25, 0.3) is 0 Å². The first-order chi connectivity index (χ1) is 14.7. The van der Waals surface area contributed by atoms with Crippen LogP contribution in [0.3, 0.4) is 0 Å². The summed E-state index contributed by atoms with van der Waals surface area (Å²) < 4.78 is 13.4. The van der Waals surface area contributed by atoms with Gasteiger partial charge in [0, 0.05) is 12.3 Å². The second-order valence-electron chi connectivity index (χ2n) is 13.2. The Hall–Kier alpha value is -0.380. The summed E-state index contributed by atoms with van der Waals surface area (Å²) in [6.45, 7) is 13.2. The van der Waals surface area contributed by atoms with Crippen molar-refractivity contribution in [1.29, 1.82) is 0 Å². The summed E-state index contributed by atoms with van der Waals surface area (Å²) in [5.74, 6) is 3.91. The zero-order valence-corrected chi connectivity index (χ0v) is 20.5. The summed E-state index contributed by atoms with van der Waals surface area (Å²) in [5, 5.41) is 10.4. The van der Waals surface area contributed by atoms with Gasteiger partial charge in [0.1, 0.15) is 0 Å². The van der Waals surface area contributed by atoms with Gasteiger partial charge in [-0.05, 0) is 98.7 Å². The van der Waals surface area contributed by atoms with Crippen molar-refractivity contribution in [1.82, 2.24) is 0 Å². The zero-order chi connectivity index (χ0) is 21.8. The lowest BCUT2D eigenvalue weighted by Gasteiger charge is -2.59. The maximum Gasteiger partial charge on any atom is 0.171 e. The lowest BCUT2D eigenvalue weighted by atomic mass is 9.46. The first kappa shape index (κ1) is 21.2. The summed E-state index contributed by atoms with van der Waals surface area (Å²) in [6, 6.07) is 0. The van der Waals surface area contributed by atoms with E-state index in [-0.39, 0.29) is 11.9 Å². The van der Waals surface area contributed by atoms with Crippen LogP contribution in [0, 0.1) is 46.3 Å². The molecule has 11 atom stereocenters. The zero-order valence-electron chi connectivity index (χ0n) is 20.5. The number of allylic oxidation sites excluding steroid dienone is 1. The fourth-order valence-electron chi connectivity index (χ4n) is 10.1. The van der Waals surface area contributed by atoms with Crippen molar-refractivity contribution in [3.05, 3.63) is 11.1 Å². The van der Waals surface area contributed by atoms with Crippen LogP contribution in [0.15, 0.2) is 11.1 Å². The molecule has 0 bridgehead atoms. The highest BCUT2D eigenvalue weighted by atomic mass is 16.7. The maximum atomic E-state index is 10.4. The number of fused-ring (bicyclic) bond motifs is 7. The summed E-state index contributed by atoms with van der Waals surface area (Å²) in [4.78, 5) is 0. The SMILES string of the molecule is CC1=C2C[C@@H](O)CC[C@]2(C)[C@H]2CC[C@]3(C)[C@@H]4[C@H](C[C@H]3[C@@H]2C1)O[C@]1(CC[C@H](C)CO1)[C@H]4C. The number of aliphatic hydroxyl groups excluding tert-OH is 1. The molecule has 2 aliphatic heterocycles. The minimum Gasteiger partial charge on any atom is -0.393 e. The standard InChI is InChI=1S/C28H44O3/c1-16-6-11-28(30-15-16)18(3)25-24(31-28)14-23-20-12-17(2)22-13-19(29)7-9-26(22,4)21(20)8-10-27(23,25)5/h16,18-21,23-25,29H,6-15H2,1-5H3/t16-,18-,19-,20+,21-,23-,24-,25-,26+,27-,28+/m0/s1. The van der Waals surface area contributed by atoms with E-state index in [1.54, 1.807) is 11.1 Å². The highest BCUT2D eigenvalue weighted by Gasteiger charge is 2.68. The van der Waals surface area contributed by atoms with Gasteiger partial charge in [0.2, 0.25) is 0 Å². The Morgan fingerprint density at radius 2 is 1.77 bits per heavy atom. The smallest absolute Gasteiger partial charge is 0.171 e. The third-order valence-corrected chi connectivity index (χ3v) is 11.7. The Labute approximate surface area is 189 Å². The second kappa shape index (κ2) is 6.83. The molecule has 31 heavy (non-hydrogen) atoms. The Bertz CT molecular complexity index is 779. The molecule has 5 fully saturated rings. The number of ether oxygens (including phenoxy) is 2. The fourth-order valence-corrected chi connectivity index (χ4v) is 10.1. The van der Waals surface area contributed by atoms with Gasteiger partial charge >= 0.3 is 0 Å². The highest BCUT2D eigenvalue weighted by Crippen LogP contribution is 2.71. The van der Waals surface area contributed by atoms with E-state index < -0.39 is 0 Å². The molecular formula is C28H44O3. The van der Waals surface area contributed by atoms with E-state index >= 15 is 0 Å². The van der Waals surface area contributed by atoms with Gasteiger partial charge in [-0.1, -0.05) is 38.8 Å². The van der Waals surface area contributed by atoms with Gasteiger partial charge in [-0.2, -0.15) is 0 Å². The van der Waals surface area contributed by atoms with Gasteiger partial charge in [0.15, 0.2) is 5.79 Å². The molecule has 0 aromatic rings. The van der Waals surface area contributed by atoms with Crippen LogP contribution in [0.1, 0.15) is 92.4 Å². The van der Waals surface area contributed by atoms with Crippen LogP contribution in [0.5, 0.6) is 0 Å². The van der Waals surface area contributed by atoms with Crippen molar-refractivity contribution in [3.8, 4) is 0 Å². The van der Waals surface area contributed by atoms with Crippen LogP contribution in [-0.2, 0) is 9.47 Å². The molecule has 0 radical (unpaired) electrons. The number of aliphatic hydroxyl groups is 1. The molecule has 2 heterocycles. The molecule has 174 valence electrons. The van der Waals surface area contributed by atoms with Gasteiger partial charge in [0.05, 0.1) is 18.8 Å². The normalized spacial score (nSPS) is 58.6. The minimum atomic E-state index is -0.298. The van der Waals surface area contributed by atoms with E-state index in [1.165, 1.54) is 38.5 Å². The van der Waals surface area contributed by atoms with E-state index in [4.69, 9.17) is 9.47 Å². The summed E-state index contributed by atoms with van der Waals surface area (Å²) in [5.41, 5.74) is 3.95. The van der Waals surface area contributed by atoms with E-state index in [9.17, 15) is 5.11 Å². The fraction of sp³-hybridized carbons (Fsp3) is 0.929. The average Bonchev–Trinajstić information content (AvgIpc) is 3.17. The highest BCUT2D eigenvalue weighted by molar-refractivity contribution is 5.31. The van der Waals surface area contributed by atoms with Crippen LogP contribution in [0.4, 0.5) is 0 Å². The molecular weight excluding hydrogens is 384 g/mol. The van der Waals surface area contributed by atoms with E-state index in [1.807, 2.05) is 0 Å². The molecule has 6 rings (SSSR count). The van der Waals surface area contributed by atoms with Crippen LogP contribution < -0.4 is 0 Å². The molecule has 1 N–H and O–H groups in total. The summed E-state index contributed by atoms with van der Waals surface area (Å²) >= 11 is 0. The van der Waals surface area contributed by atoms with Crippen molar-refractivity contribution in [2.24, 2.45) is 46.3 Å². The first-order valence-electron chi connectivity index (χ1n) is 13.4. The van der Waals surface area contributed by atoms with E-state index in [0.29, 0.717) is 34.7 Å². The molecule has 3 heteroatoms. The second-order valence-corrected chi connectivity index (χ2v) is 13.2. The van der Waals surface area contributed by atoms with Crippen molar-refractivity contribution in [3.63, 3.8) is 0 Å². The van der Waals surface area contributed by atoms with Crippen LogP contribution in [0.2, 0.25) is 0 Å². The lowest BCUT2D eigenvalue weighted by Crippen LogP contribution is -2.53. The lowest BCUT2D eigenvalue weighted by molar-refractivity contribution is -0.272. The maximum absolute atomic E-state index is 10.4. The Kier molecular flexibility index (Phi) is 4.66. The number of rotatable bonds is 0. The van der Waals surface area contributed by atoms with Crippen molar-refractivity contribution >= 4 is 0 Å². The van der Waals surface area contributed by atoms with Gasteiger partial charge in [-0.25, -0.2) is 0 Å². The summed E-state index contributed by atoms with van der Waals surface area (Å²) in [7, 11) is 0. The van der Waals surface area contributed by atoms with Crippen molar-refractivity contribution in [2.75, 3.05) is 6.61 Å². The number of hydrogen-bond donors (Lipinski definition) is 1. The summed E-state index contributed by atoms with van der Waals surface area (Å²) in [6.07, 6.45) is 10.9. The molecule has 0 aromatic carbocycles. The number of hydrogen-bond acceptors (Lipinski definition) is 3. The average molecular weight is 429 g/mol. The third kappa shape index (κ3) is 2.75. The van der Waals surface area contributed by atoms with Crippen molar-refractivity contribution < 1.29 is 14.6 Å². The molecule has 0 amide bonds.